The molecular weight excluding hydrogens is 260 g/mol. The lowest BCUT2D eigenvalue weighted by atomic mass is 10.1. The van der Waals surface area contributed by atoms with Gasteiger partial charge in [-0.3, -0.25) is 9.59 Å². The lowest BCUT2D eigenvalue weighted by Crippen LogP contribution is -2.29. The number of carbonyl (C=O) groups is 2. The van der Waals surface area contributed by atoms with E-state index in [4.69, 9.17) is 14.6 Å². The Morgan fingerprint density at radius 3 is 2.75 bits per heavy atom. The molecule has 1 aromatic carbocycles. The molecule has 0 radical (unpaired) electrons. The van der Waals surface area contributed by atoms with Crippen molar-refractivity contribution in [1.82, 2.24) is 0 Å². The Morgan fingerprint density at radius 1 is 1.40 bits per heavy atom. The summed E-state index contributed by atoms with van der Waals surface area (Å²) in [5.74, 6) is -1.11. The highest BCUT2D eigenvalue weighted by Gasteiger charge is 2.32. The molecule has 5 heteroatoms. The van der Waals surface area contributed by atoms with Crippen molar-refractivity contribution in [2.24, 2.45) is 0 Å². The van der Waals surface area contributed by atoms with E-state index in [1.165, 1.54) is 0 Å². The molecule has 1 fully saturated rings. The number of hydrogen-bond acceptors (Lipinski definition) is 4. The molecule has 0 amide bonds. The maximum absolute atomic E-state index is 11.2. The molecule has 1 N–H and O–H groups in total. The number of hydrogen-bond donors (Lipinski definition) is 1. The first kappa shape index (κ1) is 14.5. The maximum Gasteiger partial charge on any atom is 0.306 e. The fourth-order valence-electron chi connectivity index (χ4n) is 2.23. The second-order valence-corrected chi connectivity index (χ2v) is 4.83. The molecule has 2 rings (SSSR count). The largest absolute Gasteiger partial charge is 0.481 e. The average Bonchev–Trinajstić information content (AvgIpc) is 2.86. The molecule has 0 saturated carbocycles. The van der Waals surface area contributed by atoms with Crippen molar-refractivity contribution in [3.05, 3.63) is 35.9 Å². The topological polar surface area (TPSA) is 72.8 Å². The predicted octanol–water partition coefficient (Wildman–Crippen LogP) is 2.14. The summed E-state index contributed by atoms with van der Waals surface area (Å²) >= 11 is 0. The second kappa shape index (κ2) is 7.05. The number of rotatable bonds is 7. The Hall–Kier alpha value is -1.88. The SMILES string of the molecule is O=C(O)CC[C@@H](OCc1ccccc1)[C@H]1CCC(=O)O1. The molecule has 0 unspecified atom stereocenters. The van der Waals surface area contributed by atoms with Gasteiger partial charge in [-0.2, -0.15) is 0 Å². The Labute approximate surface area is 117 Å². The number of aliphatic carboxylic acids is 1. The van der Waals surface area contributed by atoms with Gasteiger partial charge < -0.3 is 14.6 Å². The Kier molecular flexibility index (Phi) is 5.12. The van der Waals surface area contributed by atoms with Crippen LogP contribution in [0.25, 0.3) is 0 Å². The van der Waals surface area contributed by atoms with E-state index in [0.29, 0.717) is 25.9 Å². The first-order valence-corrected chi connectivity index (χ1v) is 6.72. The van der Waals surface area contributed by atoms with Crippen LogP contribution >= 0.6 is 0 Å². The summed E-state index contributed by atoms with van der Waals surface area (Å²) in [6.07, 6.45) is 0.636. The first-order chi connectivity index (χ1) is 9.65. The molecule has 0 spiro atoms. The lowest BCUT2D eigenvalue weighted by Gasteiger charge is -2.22. The summed E-state index contributed by atoms with van der Waals surface area (Å²) in [6, 6.07) is 9.63. The summed E-state index contributed by atoms with van der Waals surface area (Å²) in [5.41, 5.74) is 1.01. The van der Waals surface area contributed by atoms with Crippen LogP contribution in [-0.2, 0) is 25.7 Å². The molecule has 0 aliphatic carbocycles. The highest BCUT2D eigenvalue weighted by atomic mass is 16.6. The summed E-state index contributed by atoms with van der Waals surface area (Å²) in [7, 11) is 0. The first-order valence-electron chi connectivity index (χ1n) is 6.72. The molecule has 5 nitrogen and oxygen atoms in total. The van der Waals surface area contributed by atoms with E-state index < -0.39 is 5.97 Å². The van der Waals surface area contributed by atoms with Crippen LogP contribution in [0.1, 0.15) is 31.2 Å². The number of ether oxygens (including phenoxy) is 2. The van der Waals surface area contributed by atoms with Crippen LogP contribution in [0.2, 0.25) is 0 Å². The van der Waals surface area contributed by atoms with E-state index in [9.17, 15) is 9.59 Å². The van der Waals surface area contributed by atoms with Crippen molar-refractivity contribution in [2.45, 2.75) is 44.5 Å². The van der Waals surface area contributed by atoms with Gasteiger partial charge in [-0.05, 0) is 18.4 Å². The average molecular weight is 278 g/mol. The Morgan fingerprint density at radius 2 is 2.15 bits per heavy atom. The third kappa shape index (κ3) is 4.35. The third-order valence-electron chi connectivity index (χ3n) is 3.28. The molecule has 1 heterocycles. The van der Waals surface area contributed by atoms with Crippen LogP contribution < -0.4 is 0 Å². The maximum atomic E-state index is 11.2. The third-order valence-corrected chi connectivity index (χ3v) is 3.28. The van der Waals surface area contributed by atoms with Gasteiger partial charge in [0.15, 0.2) is 0 Å². The van der Waals surface area contributed by atoms with Gasteiger partial charge in [-0.1, -0.05) is 30.3 Å². The van der Waals surface area contributed by atoms with Crippen LogP contribution in [0.15, 0.2) is 30.3 Å². The molecule has 1 aromatic rings. The molecule has 20 heavy (non-hydrogen) atoms. The normalized spacial score (nSPS) is 19.6. The van der Waals surface area contributed by atoms with Crippen LogP contribution in [0.3, 0.4) is 0 Å². The van der Waals surface area contributed by atoms with Crippen LogP contribution in [-0.4, -0.2) is 29.3 Å². The van der Waals surface area contributed by atoms with Gasteiger partial charge in [0.05, 0.1) is 12.7 Å². The van der Waals surface area contributed by atoms with Crippen LogP contribution in [0.4, 0.5) is 0 Å². The van der Waals surface area contributed by atoms with E-state index >= 15 is 0 Å². The molecule has 108 valence electrons. The van der Waals surface area contributed by atoms with Gasteiger partial charge in [-0.15, -0.1) is 0 Å². The van der Waals surface area contributed by atoms with E-state index in [2.05, 4.69) is 0 Å². The number of benzene rings is 1. The number of cyclic esters (lactones) is 1. The van der Waals surface area contributed by atoms with E-state index in [0.717, 1.165) is 5.56 Å². The Balaban J connectivity index is 1.91. The summed E-state index contributed by atoms with van der Waals surface area (Å²) < 4.78 is 11.0. The zero-order valence-electron chi connectivity index (χ0n) is 11.2. The molecule has 1 saturated heterocycles. The van der Waals surface area contributed by atoms with E-state index in [1.54, 1.807) is 0 Å². The minimum atomic E-state index is -0.873. The lowest BCUT2D eigenvalue weighted by molar-refractivity contribution is -0.148. The van der Waals surface area contributed by atoms with Crippen molar-refractivity contribution in [1.29, 1.82) is 0 Å². The smallest absolute Gasteiger partial charge is 0.306 e. The quantitative estimate of drug-likeness (QED) is 0.774. The number of carbonyl (C=O) groups excluding carboxylic acids is 1. The minimum Gasteiger partial charge on any atom is -0.481 e. The van der Waals surface area contributed by atoms with Crippen LogP contribution in [0, 0.1) is 0 Å². The minimum absolute atomic E-state index is 0.00745. The van der Waals surface area contributed by atoms with Crippen LogP contribution in [0.5, 0.6) is 0 Å². The van der Waals surface area contributed by atoms with Gasteiger partial charge in [0.25, 0.3) is 0 Å². The summed E-state index contributed by atoms with van der Waals surface area (Å²) in [5, 5.41) is 8.78. The molecule has 0 bridgehead atoms. The fraction of sp³-hybridized carbons (Fsp3) is 0.467. The molecule has 0 aromatic heterocycles. The summed E-state index contributed by atoms with van der Waals surface area (Å²) in [4.78, 5) is 21.9. The standard InChI is InChI=1S/C15H18O5/c16-14(17)8-6-12(13-7-9-15(18)20-13)19-10-11-4-2-1-3-5-11/h1-5,12-13H,6-10H2,(H,16,17)/t12-,13-/m1/s1. The van der Waals surface area contributed by atoms with E-state index in [-0.39, 0.29) is 24.6 Å². The predicted molar refractivity (Wildman–Crippen MR) is 71.0 cm³/mol. The van der Waals surface area contributed by atoms with Crippen molar-refractivity contribution in [2.75, 3.05) is 0 Å². The van der Waals surface area contributed by atoms with Gasteiger partial charge in [0, 0.05) is 12.8 Å². The highest BCUT2D eigenvalue weighted by Crippen LogP contribution is 2.23. The van der Waals surface area contributed by atoms with Gasteiger partial charge in [-0.25, -0.2) is 0 Å². The summed E-state index contributed by atoms with van der Waals surface area (Å²) in [6.45, 7) is 0.388. The van der Waals surface area contributed by atoms with E-state index in [1.807, 2.05) is 30.3 Å². The Bertz CT molecular complexity index is 457. The number of carboxylic acids is 1. The zero-order valence-corrected chi connectivity index (χ0v) is 11.2. The van der Waals surface area contributed by atoms with Crippen molar-refractivity contribution in [3.63, 3.8) is 0 Å². The fourth-order valence-corrected chi connectivity index (χ4v) is 2.23. The van der Waals surface area contributed by atoms with Crippen molar-refractivity contribution < 1.29 is 24.2 Å². The zero-order chi connectivity index (χ0) is 14.4. The van der Waals surface area contributed by atoms with Gasteiger partial charge in [0.1, 0.15) is 6.10 Å². The molecule has 1 aliphatic heterocycles. The van der Waals surface area contributed by atoms with Crippen molar-refractivity contribution in [3.8, 4) is 0 Å². The number of esters is 1. The van der Waals surface area contributed by atoms with Gasteiger partial charge in [0.2, 0.25) is 0 Å². The molecule has 2 atom stereocenters. The second-order valence-electron chi connectivity index (χ2n) is 4.83. The monoisotopic (exact) mass is 278 g/mol. The van der Waals surface area contributed by atoms with Gasteiger partial charge >= 0.3 is 11.9 Å². The number of carboxylic acid groups (broad SMARTS) is 1. The molecular formula is C15H18O5. The highest BCUT2D eigenvalue weighted by molar-refractivity contribution is 5.71. The van der Waals surface area contributed by atoms with Crippen molar-refractivity contribution >= 4 is 11.9 Å². The molecule has 1 aliphatic rings.